The second-order valence-corrected chi connectivity index (χ2v) is 10.6. The summed E-state index contributed by atoms with van der Waals surface area (Å²) in [6, 6.07) is 34.2. The van der Waals surface area contributed by atoms with Gasteiger partial charge in [0.2, 0.25) is 0 Å². The van der Waals surface area contributed by atoms with Crippen molar-refractivity contribution in [2.75, 3.05) is 44.2 Å². The van der Waals surface area contributed by atoms with Crippen molar-refractivity contribution in [3.63, 3.8) is 0 Å². The third-order valence-corrected chi connectivity index (χ3v) is 8.22. The molecule has 0 N–H and O–H groups in total. The Labute approximate surface area is 231 Å². The van der Waals surface area contributed by atoms with E-state index in [9.17, 15) is 4.79 Å². The zero-order valence-corrected chi connectivity index (χ0v) is 22.5. The maximum atomic E-state index is 13.4. The minimum atomic E-state index is 0.121. The number of piperazine rings is 1. The fraction of sp³-hybridized carbons (Fsp3) is 0.294. The van der Waals surface area contributed by atoms with E-state index < -0.39 is 0 Å². The maximum Gasteiger partial charge on any atom is 0.254 e. The Bertz CT molecular complexity index is 1330. The molecule has 1 amide bonds. The number of benzene rings is 3. The maximum absolute atomic E-state index is 13.4. The number of carbonyl (C=O) groups excluding carboxylic acids is 1. The number of carbonyl (C=O) groups is 1. The van der Waals surface area contributed by atoms with Crippen LogP contribution in [0.1, 0.15) is 45.1 Å². The van der Waals surface area contributed by atoms with Crippen LogP contribution in [0.25, 0.3) is 0 Å². The molecule has 0 unspecified atom stereocenters. The average molecular weight is 517 g/mol. The van der Waals surface area contributed by atoms with Crippen LogP contribution in [-0.4, -0.2) is 60.0 Å². The standard InChI is InChI=1S/C34H36N4O/c39-34-33-25-31(15-14-29(33)16-20-38(34)26-30-13-7-8-18-35-30)37-23-21-36(22-24-37)19-17-32(27-9-3-1-4-10-27)28-11-5-2-6-12-28/h1-15,18,25,32H,16-17,19-24,26H2. The van der Waals surface area contributed by atoms with Gasteiger partial charge in [-0.2, -0.15) is 0 Å². The highest BCUT2D eigenvalue weighted by Crippen LogP contribution is 2.29. The first-order chi connectivity index (χ1) is 19.2. The van der Waals surface area contributed by atoms with Crippen LogP contribution in [0.2, 0.25) is 0 Å². The van der Waals surface area contributed by atoms with Gasteiger partial charge in [-0.25, -0.2) is 0 Å². The Morgan fingerprint density at radius 2 is 1.44 bits per heavy atom. The summed E-state index contributed by atoms with van der Waals surface area (Å²) in [5, 5.41) is 0. The zero-order chi connectivity index (χ0) is 26.4. The molecule has 0 spiro atoms. The molecule has 1 fully saturated rings. The third kappa shape index (κ3) is 5.89. The van der Waals surface area contributed by atoms with Crippen molar-refractivity contribution >= 4 is 11.6 Å². The highest BCUT2D eigenvalue weighted by atomic mass is 16.2. The first kappa shape index (κ1) is 25.3. The van der Waals surface area contributed by atoms with Gasteiger partial charge in [0.25, 0.3) is 5.91 Å². The largest absolute Gasteiger partial charge is 0.369 e. The molecule has 0 atom stereocenters. The molecule has 0 saturated carbocycles. The Morgan fingerprint density at radius 1 is 0.744 bits per heavy atom. The fourth-order valence-corrected chi connectivity index (χ4v) is 5.98. The Hall–Kier alpha value is -3.96. The number of hydrogen-bond donors (Lipinski definition) is 0. The number of anilines is 1. The van der Waals surface area contributed by atoms with E-state index >= 15 is 0 Å². The van der Waals surface area contributed by atoms with Crippen molar-refractivity contribution in [1.82, 2.24) is 14.8 Å². The number of pyridine rings is 1. The van der Waals surface area contributed by atoms with Crippen LogP contribution in [0, 0.1) is 0 Å². The van der Waals surface area contributed by atoms with Gasteiger partial charge in [-0.3, -0.25) is 14.7 Å². The summed E-state index contributed by atoms with van der Waals surface area (Å²) >= 11 is 0. The van der Waals surface area contributed by atoms with Gasteiger partial charge in [-0.05, 0) is 60.3 Å². The van der Waals surface area contributed by atoms with Gasteiger partial charge in [0, 0.05) is 56.1 Å². The Kier molecular flexibility index (Phi) is 7.68. The Morgan fingerprint density at radius 3 is 2.10 bits per heavy atom. The molecule has 5 heteroatoms. The van der Waals surface area contributed by atoms with Crippen LogP contribution in [0.15, 0.2) is 103 Å². The van der Waals surface area contributed by atoms with Crippen molar-refractivity contribution in [3.8, 4) is 0 Å². The van der Waals surface area contributed by atoms with E-state index in [1.165, 1.54) is 11.1 Å². The van der Waals surface area contributed by atoms with Crippen molar-refractivity contribution in [2.24, 2.45) is 0 Å². The van der Waals surface area contributed by atoms with Gasteiger partial charge in [0.05, 0.1) is 12.2 Å². The molecule has 0 bridgehead atoms. The normalized spacial score (nSPS) is 16.0. The van der Waals surface area contributed by atoms with Crippen molar-refractivity contribution in [2.45, 2.75) is 25.3 Å². The minimum absolute atomic E-state index is 0.121. The first-order valence-electron chi connectivity index (χ1n) is 14.1. The second kappa shape index (κ2) is 11.8. The lowest BCUT2D eigenvalue weighted by atomic mass is 9.88. The van der Waals surface area contributed by atoms with Crippen LogP contribution in [-0.2, 0) is 13.0 Å². The quantitative estimate of drug-likeness (QED) is 0.305. The minimum Gasteiger partial charge on any atom is -0.369 e. The molecule has 1 saturated heterocycles. The van der Waals surface area contributed by atoms with Crippen LogP contribution >= 0.6 is 0 Å². The van der Waals surface area contributed by atoms with E-state index in [1.807, 2.05) is 23.1 Å². The topological polar surface area (TPSA) is 39.7 Å². The van der Waals surface area contributed by atoms with Crippen molar-refractivity contribution in [3.05, 3.63) is 131 Å². The predicted molar refractivity (Wildman–Crippen MR) is 157 cm³/mol. The van der Waals surface area contributed by atoms with E-state index in [0.717, 1.165) is 74.6 Å². The van der Waals surface area contributed by atoms with E-state index in [1.54, 1.807) is 6.20 Å². The van der Waals surface area contributed by atoms with E-state index in [4.69, 9.17) is 0 Å². The summed E-state index contributed by atoms with van der Waals surface area (Å²) in [6.07, 6.45) is 3.79. The number of aromatic nitrogens is 1. The van der Waals surface area contributed by atoms with Crippen molar-refractivity contribution < 1.29 is 4.79 Å². The molecular formula is C34H36N4O. The average Bonchev–Trinajstić information content (AvgIpc) is 3.01. The highest BCUT2D eigenvalue weighted by Gasteiger charge is 2.26. The number of fused-ring (bicyclic) bond motifs is 1. The van der Waals surface area contributed by atoms with Crippen molar-refractivity contribution in [1.29, 1.82) is 0 Å². The number of nitrogens with zero attached hydrogens (tertiary/aromatic N) is 4. The molecule has 3 aromatic carbocycles. The lowest BCUT2D eigenvalue weighted by molar-refractivity contribution is 0.0725. The summed E-state index contributed by atoms with van der Waals surface area (Å²) in [6.45, 7) is 6.41. The van der Waals surface area contributed by atoms with Crippen LogP contribution in [0.4, 0.5) is 5.69 Å². The van der Waals surface area contributed by atoms with Gasteiger partial charge in [0.15, 0.2) is 0 Å². The molecular weight excluding hydrogens is 480 g/mol. The first-order valence-corrected chi connectivity index (χ1v) is 14.1. The van der Waals surface area contributed by atoms with E-state index in [0.29, 0.717) is 12.5 Å². The molecule has 0 aliphatic carbocycles. The van der Waals surface area contributed by atoms with Crippen LogP contribution in [0.5, 0.6) is 0 Å². The molecule has 1 aromatic heterocycles. The third-order valence-electron chi connectivity index (χ3n) is 8.22. The molecule has 2 aliphatic rings. The smallest absolute Gasteiger partial charge is 0.254 e. The molecule has 5 nitrogen and oxygen atoms in total. The summed E-state index contributed by atoms with van der Waals surface area (Å²) < 4.78 is 0. The van der Waals surface area contributed by atoms with Gasteiger partial charge in [-0.15, -0.1) is 0 Å². The fourth-order valence-electron chi connectivity index (χ4n) is 5.98. The predicted octanol–water partition coefficient (Wildman–Crippen LogP) is 5.62. The number of hydrogen-bond acceptors (Lipinski definition) is 4. The van der Waals surface area contributed by atoms with Crippen LogP contribution in [0.3, 0.4) is 0 Å². The lowest BCUT2D eigenvalue weighted by Gasteiger charge is -2.37. The highest BCUT2D eigenvalue weighted by molar-refractivity contribution is 5.97. The van der Waals surface area contributed by atoms with E-state index in [-0.39, 0.29) is 5.91 Å². The molecule has 4 aromatic rings. The molecule has 198 valence electrons. The molecule has 39 heavy (non-hydrogen) atoms. The summed E-state index contributed by atoms with van der Waals surface area (Å²) in [7, 11) is 0. The van der Waals surface area contributed by atoms with Gasteiger partial charge in [0.1, 0.15) is 0 Å². The molecule has 0 radical (unpaired) electrons. The van der Waals surface area contributed by atoms with Crippen LogP contribution < -0.4 is 4.90 Å². The number of rotatable bonds is 8. The molecule has 3 heterocycles. The summed E-state index contributed by atoms with van der Waals surface area (Å²) in [4.78, 5) is 24.7. The lowest BCUT2D eigenvalue weighted by Crippen LogP contribution is -2.47. The van der Waals surface area contributed by atoms with Gasteiger partial charge in [-0.1, -0.05) is 72.8 Å². The molecule has 6 rings (SSSR count). The zero-order valence-electron chi connectivity index (χ0n) is 22.5. The van der Waals surface area contributed by atoms with Gasteiger partial charge >= 0.3 is 0 Å². The summed E-state index contributed by atoms with van der Waals surface area (Å²) in [5.74, 6) is 0.529. The monoisotopic (exact) mass is 516 g/mol. The van der Waals surface area contributed by atoms with Gasteiger partial charge < -0.3 is 9.80 Å². The Balaban J connectivity index is 1.08. The van der Waals surface area contributed by atoms with E-state index in [2.05, 4.69) is 93.6 Å². The SMILES string of the molecule is O=C1c2cc(N3CCN(CCC(c4ccccc4)c4ccccc4)CC3)ccc2CCN1Cc1ccccn1. The second-order valence-electron chi connectivity index (χ2n) is 10.6. The number of amides is 1. The molecule has 2 aliphatic heterocycles. The summed E-state index contributed by atoms with van der Waals surface area (Å²) in [5.41, 5.74) is 6.88.